The highest BCUT2D eigenvalue weighted by atomic mass is 14.7. The maximum Gasteiger partial charge on any atom is 0.0795 e. The maximum absolute atomic E-state index is 5.24. The van der Waals surface area contributed by atoms with E-state index in [9.17, 15) is 0 Å². The Labute approximate surface area is 359 Å². The van der Waals surface area contributed by atoms with Crippen LogP contribution >= 0.6 is 0 Å². The molecular weight excluding hydrogens is 757 g/mol. The first-order valence-electron chi connectivity index (χ1n) is 20.6. The predicted molar refractivity (Wildman–Crippen MR) is 252 cm³/mol. The average Bonchev–Trinajstić information content (AvgIpc) is 3.36. The van der Waals surface area contributed by atoms with Crippen LogP contribution in [0.15, 0.2) is 219 Å². The van der Waals surface area contributed by atoms with E-state index in [4.69, 9.17) is 19.9 Å². The van der Waals surface area contributed by atoms with E-state index in [2.05, 4.69) is 156 Å². The molecule has 0 fully saturated rings. The predicted octanol–water partition coefficient (Wildman–Crippen LogP) is 13.7. The van der Waals surface area contributed by atoms with E-state index >= 15 is 0 Å². The normalized spacial score (nSPS) is 11.2. The Morgan fingerprint density at radius 1 is 0.274 bits per heavy atom. The van der Waals surface area contributed by atoms with Gasteiger partial charge in [0.05, 0.1) is 39.5 Å². The molecule has 0 aliphatic rings. The minimum atomic E-state index is 0.882. The number of fused-ring (bicyclic) bond motifs is 3. The summed E-state index contributed by atoms with van der Waals surface area (Å²) >= 11 is 0. The molecule has 0 saturated carbocycles. The van der Waals surface area contributed by atoms with E-state index in [0.717, 1.165) is 111 Å². The summed E-state index contributed by atoms with van der Waals surface area (Å²) in [6.07, 6.45) is 9.27. The van der Waals surface area contributed by atoms with Crippen molar-refractivity contribution >= 4 is 21.8 Å². The van der Waals surface area contributed by atoms with Gasteiger partial charge in [-0.1, -0.05) is 97.1 Å². The third kappa shape index (κ3) is 6.95. The van der Waals surface area contributed by atoms with Crippen LogP contribution in [0.2, 0.25) is 0 Å². The minimum Gasteiger partial charge on any atom is -0.256 e. The van der Waals surface area contributed by atoms with Crippen LogP contribution in [0.25, 0.3) is 111 Å². The highest BCUT2D eigenvalue weighted by Gasteiger charge is 2.18. The Balaban J connectivity index is 1.08. The van der Waals surface area contributed by atoms with Gasteiger partial charge in [0.1, 0.15) is 0 Å². The molecule has 6 aromatic heterocycles. The van der Waals surface area contributed by atoms with Crippen molar-refractivity contribution in [3.05, 3.63) is 219 Å². The van der Waals surface area contributed by atoms with Crippen molar-refractivity contribution in [3.8, 4) is 89.7 Å². The average molecular weight is 793 g/mol. The zero-order valence-corrected chi connectivity index (χ0v) is 33.5. The van der Waals surface area contributed by atoms with Crippen LogP contribution in [0.5, 0.6) is 0 Å². The van der Waals surface area contributed by atoms with Gasteiger partial charge in [-0.15, -0.1) is 0 Å². The molecule has 0 N–H and O–H groups in total. The smallest absolute Gasteiger partial charge is 0.0795 e. The molecule has 0 radical (unpaired) electrons. The zero-order chi connectivity index (χ0) is 41.2. The van der Waals surface area contributed by atoms with Gasteiger partial charge < -0.3 is 0 Å². The summed E-state index contributed by atoms with van der Waals surface area (Å²) in [7, 11) is 0. The third-order valence-electron chi connectivity index (χ3n) is 11.4. The lowest BCUT2D eigenvalue weighted by atomic mass is 9.87. The van der Waals surface area contributed by atoms with Gasteiger partial charge in [-0.25, -0.2) is 4.98 Å². The molecule has 0 aliphatic heterocycles. The van der Waals surface area contributed by atoms with Crippen molar-refractivity contribution in [2.75, 3.05) is 0 Å². The molecule has 6 nitrogen and oxygen atoms in total. The second-order valence-electron chi connectivity index (χ2n) is 15.1. The van der Waals surface area contributed by atoms with E-state index < -0.39 is 0 Å². The summed E-state index contributed by atoms with van der Waals surface area (Å²) in [5.41, 5.74) is 17.8. The first kappa shape index (κ1) is 36.6. The summed E-state index contributed by atoms with van der Waals surface area (Å²) in [6.45, 7) is 0. The minimum absolute atomic E-state index is 0.882. The molecule has 6 heterocycles. The molecule has 0 bridgehead atoms. The largest absolute Gasteiger partial charge is 0.256 e. The molecule has 0 amide bonds. The molecule has 0 saturated heterocycles. The highest BCUT2D eigenvalue weighted by molar-refractivity contribution is 6.04. The molecule has 6 heteroatoms. The van der Waals surface area contributed by atoms with Crippen LogP contribution < -0.4 is 0 Å². The van der Waals surface area contributed by atoms with Crippen LogP contribution in [-0.4, -0.2) is 29.9 Å². The molecule has 0 aliphatic carbocycles. The lowest BCUT2D eigenvalue weighted by molar-refractivity contribution is 1.28. The topological polar surface area (TPSA) is 77.3 Å². The monoisotopic (exact) mass is 792 g/mol. The van der Waals surface area contributed by atoms with Crippen molar-refractivity contribution in [3.63, 3.8) is 0 Å². The van der Waals surface area contributed by atoms with Gasteiger partial charge in [0.2, 0.25) is 0 Å². The number of aromatic nitrogens is 6. The molecule has 11 aromatic rings. The van der Waals surface area contributed by atoms with Crippen LogP contribution in [0.1, 0.15) is 0 Å². The third-order valence-corrected chi connectivity index (χ3v) is 11.4. The van der Waals surface area contributed by atoms with Gasteiger partial charge in [0, 0.05) is 69.6 Å². The fourth-order valence-electron chi connectivity index (χ4n) is 8.34. The fraction of sp³-hybridized carbons (Fsp3) is 0. The van der Waals surface area contributed by atoms with Gasteiger partial charge in [-0.3, -0.25) is 24.9 Å². The molecular formula is C56H36N6. The Morgan fingerprint density at radius 3 is 1.23 bits per heavy atom. The summed E-state index contributed by atoms with van der Waals surface area (Å²) < 4.78 is 0. The molecule has 0 spiro atoms. The Morgan fingerprint density at radius 2 is 0.742 bits per heavy atom. The quantitative estimate of drug-likeness (QED) is 0.143. The summed E-state index contributed by atoms with van der Waals surface area (Å²) in [6, 6.07) is 65.2. The maximum atomic E-state index is 5.24. The molecule has 0 unspecified atom stereocenters. The second kappa shape index (κ2) is 15.9. The number of nitrogens with zero attached hydrogens (tertiary/aromatic N) is 6. The van der Waals surface area contributed by atoms with Crippen LogP contribution in [0.3, 0.4) is 0 Å². The first-order valence-corrected chi connectivity index (χ1v) is 20.6. The van der Waals surface area contributed by atoms with Crippen molar-refractivity contribution < 1.29 is 0 Å². The van der Waals surface area contributed by atoms with E-state index in [1.165, 1.54) is 0 Å². The lowest BCUT2D eigenvalue weighted by Crippen LogP contribution is -1.94. The van der Waals surface area contributed by atoms with Gasteiger partial charge >= 0.3 is 0 Å². The van der Waals surface area contributed by atoms with Crippen molar-refractivity contribution in [1.82, 2.24) is 29.9 Å². The van der Waals surface area contributed by atoms with E-state index in [1.807, 2.05) is 73.4 Å². The van der Waals surface area contributed by atoms with E-state index in [0.29, 0.717) is 0 Å². The zero-order valence-electron chi connectivity index (χ0n) is 33.5. The Bertz CT molecular complexity index is 3240. The lowest BCUT2D eigenvalue weighted by Gasteiger charge is -2.17. The van der Waals surface area contributed by atoms with Gasteiger partial charge in [0.15, 0.2) is 0 Å². The van der Waals surface area contributed by atoms with Crippen LogP contribution in [0, 0.1) is 0 Å². The Hall–Kier alpha value is -8.48. The number of hydrogen-bond acceptors (Lipinski definition) is 6. The summed E-state index contributed by atoms with van der Waals surface area (Å²) in [5, 5.41) is 2.13. The number of rotatable bonds is 8. The van der Waals surface area contributed by atoms with Crippen molar-refractivity contribution in [1.29, 1.82) is 0 Å². The number of pyridine rings is 6. The molecule has 0 atom stereocenters. The second-order valence-corrected chi connectivity index (χ2v) is 15.1. The highest BCUT2D eigenvalue weighted by Crippen LogP contribution is 2.42. The molecule has 11 rings (SSSR count). The van der Waals surface area contributed by atoms with Crippen molar-refractivity contribution in [2.24, 2.45) is 0 Å². The number of benzene rings is 5. The van der Waals surface area contributed by atoms with Gasteiger partial charge in [-0.05, 0) is 124 Å². The first-order chi connectivity index (χ1) is 30.7. The summed E-state index contributed by atoms with van der Waals surface area (Å²) in [4.78, 5) is 29.0. The molecule has 5 aromatic carbocycles. The van der Waals surface area contributed by atoms with E-state index in [-0.39, 0.29) is 0 Å². The van der Waals surface area contributed by atoms with Crippen molar-refractivity contribution in [2.45, 2.75) is 0 Å². The number of hydrogen-bond donors (Lipinski definition) is 0. The molecule has 62 heavy (non-hydrogen) atoms. The standard InChI is InChI=1S/C56H36N6/c1-4-16-46(52-25-22-38(35-60-52)50-19-7-9-29-57-50)43(13-1)40-32-41(44-14-2-5-17-47(44)53-26-23-39(36-61-53)51-20-8-10-30-58-51)34-42(33-40)45-15-3-6-18-48(45)54-28-24-49-55(62-54)27-21-37-12-11-31-59-56(37)49/h1-36H. The fourth-order valence-corrected chi connectivity index (χ4v) is 8.34. The van der Waals surface area contributed by atoms with Gasteiger partial charge in [-0.2, -0.15) is 0 Å². The molecule has 290 valence electrons. The van der Waals surface area contributed by atoms with Gasteiger partial charge in [0.25, 0.3) is 0 Å². The summed E-state index contributed by atoms with van der Waals surface area (Å²) in [5.74, 6) is 0. The van der Waals surface area contributed by atoms with Crippen LogP contribution in [-0.2, 0) is 0 Å². The van der Waals surface area contributed by atoms with E-state index in [1.54, 1.807) is 0 Å². The Kier molecular flexibility index (Phi) is 9.41. The SMILES string of the molecule is c1ccc(-c2ccc(-c3ccccc3-c3cc(-c4ccccc4-c4ccc(-c5ccccn5)cn4)cc(-c4ccccc4-c4ccc5c(ccc6cccnc65)n4)c3)nc2)nc1. The van der Waals surface area contributed by atoms with Crippen LogP contribution in [0.4, 0.5) is 0 Å².